The highest BCUT2D eigenvalue weighted by Crippen LogP contribution is 2.34. The second-order valence-corrected chi connectivity index (χ2v) is 8.42. The van der Waals surface area contributed by atoms with Gasteiger partial charge in [-0.05, 0) is 42.7 Å². The van der Waals surface area contributed by atoms with Crippen molar-refractivity contribution in [1.29, 1.82) is 0 Å². The van der Waals surface area contributed by atoms with Crippen molar-refractivity contribution in [2.24, 2.45) is 4.99 Å². The zero-order valence-electron chi connectivity index (χ0n) is 18.2. The number of piperidine rings is 1. The topological polar surface area (TPSA) is 46.1 Å². The normalized spacial score (nSPS) is 19.8. The third kappa shape index (κ3) is 5.37. The van der Waals surface area contributed by atoms with Crippen molar-refractivity contribution >= 4 is 5.96 Å². The van der Waals surface area contributed by atoms with E-state index in [-0.39, 0.29) is 17.3 Å². The van der Waals surface area contributed by atoms with Gasteiger partial charge in [-0.25, -0.2) is 4.39 Å². The van der Waals surface area contributed by atoms with Gasteiger partial charge in [-0.3, -0.25) is 4.99 Å². The summed E-state index contributed by atoms with van der Waals surface area (Å²) in [5, 5.41) is 3.61. The fourth-order valence-corrected chi connectivity index (χ4v) is 4.59. The number of nitrogens with one attached hydrogen (secondary N) is 1. The number of aliphatic imine (C=N–C) groups is 1. The van der Waals surface area contributed by atoms with Gasteiger partial charge < -0.3 is 19.7 Å². The van der Waals surface area contributed by atoms with E-state index in [1.165, 1.54) is 0 Å². The first-order valence-electron chi connectivity index (χ1n) is 11.2. The SMILES string of the molecule is CN=C(NCC1(c2ccc(F)cc2)CCOCC1)N1CCC(Oc2ccccc2)CC1. The van der Waals surface area contributed by atoms with E-state index in [2.05, 4.69) is 15.2 Å². The van der Waals surface area contributed by atoms with Crippen LogP contribution in [0.1, 0.15) is 31.2 Å². The lowest BCUT2D eigenvalue weighted by molar-refractivity contribution is 0.0509. The molecule has 5 nitrogen and oxygen atoms in total. The van der Waals surface area contributed by atoms with Gasteiger partial charge in [-0.15, -0.1) is 0 Å². The van der Waals surface area contributed by atoms with E-state index in [1.54, 1.807) is 12.1 Å². The van der Waals surface area contributed by atoms with Gasteiger partial charge in [0.05, 0.1) is 0 Å². The van der Waals surface area contributed by atoms with Crippen molar-refractivity contribution in [3.8, 4) is 5.75 Å². The van der Waals surface area contributed by atoms with Crippen molar-refractivity contribution in [2.75, 3.05) is 39.9 Å². The summed E-state index contributed by atoms with van der Waals surface area (Å²) in [4.78, 5) is 6.85. The van der Waals surface area contributed by atoms with Crippen LogP contribution in [0, 0.1) is 5.82 Å². The van der Waals surface area contributed by atoms with Crippen LogP contribution in [-0.2, 0) is 10.2 Å². The molecule has 0 radical (unpaired) electrons. The second-order valence-electron chi connectivity index (χ2n) is 8.42. The molecule has 0 unspecified atom stereocenters. The molecule has 0 spiro atoms. The highest BCUT2D eigenvalue weighted by Gasteiger charge is 2.35. The van der Waals surface area contributed by atoms with Crippen LogP contribution in [0.15, 0.2) is 59.6 Å². The maximum absolute atomic E-state index is 13.5. The minimum absolute atomic E-state index is 0.0728. The minimum atomic E-state index is -0.199. The fourth-order valence-electron chi connectivity index (χ4n) is 4.59. The molecule has 0 saturated carbocycles. The molecule has 2 saturated heterocycles. The number of rotatable bonds is 5. The monoisotopic (exact) mass is 425 g/mol. The quantitative estimate of drug-likeness (QED) is 0.581. The molecule has 6 heteroatoms. The lowest BCUT2D eigenvalue weighted by Crippen LogP contribution is -2.51. The molecular weight excluding hydrogens is 393 g/mol. The molecular formula is C25H32FN3O2. The maximum Gasteiger partial charge on any atom is 0.193 e. The van der Waals surface area contributed by atoms with Gasteiger partial charge >= 0.3 is 0 Å². The molecule has 1 N–H and O–H groups in total. The molecule has 0 bridgehead atoms. The molecule has 0 atom stereocenters. The molecule has 166 valence electrons. The Bertz CT molecular complexity index is 843. The summed E-state index contributed by atoms with van der Waals surface area (Å²) in [6.07, 6.45) is 3.99. The Morgan fingerprint density at radius 1 is 1.10 bits per heavy atom. The van der Waals surface area contributed by atoms with Crippen molar-refractivity contribution in [3.63, 3.8) is 0 Å². The van der Waals surface area contributed by atoms with Gasteiger partial charge in [-0.1, -0.05) is 30.3 Å². The van der Waals surface area contributed by atoms with Crippen LogP contribution in [-0.4, -0.2) is 56.9 Å². The van der Waals surface area contributed by atoms with Gasteiger partial charge in [0.1, 0.15) is 17.7 Å². The van der Waals surface area contributed by atoms with Crippen LogP contribution in [0.5, 0.6) is 5.75 Å². The van der Waals surface area contributed by atoms with Crippen molar-refractivity contribution < 1.29 is 13.9 Å². The molecule has 0 aliphatic carbocycles. The van der Waals surface area contributed by atoms with Crippen molar-refractivity contribution in [3.05, 3.63) is 66.0 Å². The number of likely N-dealkylation sites (tertiary alicyclic amines) is 1. The lowest BCUT2D eigenvalue weighted by atomic mass is 9.74. The highest BCUT2D eigenvalue weighted by molar-refractivity contribution is 5.80. The lowest BCUT2D eigenvalue weighted by Gasteiger charge is -2.40. The predicted octanol–water partition coefficient (Wildman–Crippen LogP) is 3.99. The molecule has 2 heterocycles. The number of hydrogen-bond donors (Lipinski definition) is 1. The van der Waals surface area contributed by atoms with E-state index in [1.807, 2.05) is 49.5 Å². The van der Waals surface area contributed by atoms with Crippen LogP contribution in [0.2, 0.25) is 0 Å². The van der Waals surface area contributed by atoms with E-state index in [0.29, 0.717) is 0 Å². The van der Waals surface area contributed by atoms with E-state index in [9.17, 15) is 4.39 Å². The van der Waals surface area contributed by atoms with Crippen molar-refractivity contribution in [1.82, 2.24) is 10.2 Å². The molecule has 2 aliphatic heterocycles. The number of ether oxygens (including phenoxy) is 2. The maximum atomic E-state index is 13.5. The molecule has 2 aromatic carbocycles. The summed E-state index contributed by atoms with van der Waals surface area (Å²) >= 11 is 0. The molecule has 0 amide bonds. The first-order valence-corrected chi connectivity index (χ1v) is 11.2. The third-order valence-corrected chi connectivity index (χ3v) is 6.49. The molecule has 0 aromatic heterocycles. The zero-order valence-corrected chi connectivity index (χ0v) is 18.2. The Kier molecular flexibility index (Phi) is 7.07. The number of guanidine groups is 1. The van der Waals surface area contributed by atoms with Gasteiger partial charge in [-0.2, -0.15) is 0 Å². The number of benzene rings is 2. The van der Waals surface area contributed by atoms with Crippen LogP contribution in [0.3, 0.4) is 0 Å². The summed E-state index contributed by atoms with van der Waals surface area (Å²) in [7, 11) is 1.84. The van der Waals surface area contributed by atoms with E-state index in [4.69, 9.17) is 9.47 Å². The van der Waals surface area contributed by atoms with E-state index in [0.717, 1.165) is 75.8 Å². The molecule has 2 aromatic rings. The average molecular weight is 426 g/mol. The number of hydrogen-bond acceptors (Lipinski definition) is 3. The first kappa shape index (κ1) is 21.6. The molecule has 2 fully saturated rings. The zero-order chi connectivity index (χ0) is 21.5. The van der Waals surface area contributed by atoms with Gasteiger partial charge in [0, 0.05) is 58.2 Å². The van der Waals surface area contributed by atoms with Crippen LogP contribution in [0.25, 0.3) is 0 Å². The van der Waals surface area contributed by atoms with Crippen LogP contribution in [0.4, 0.5) is 4.39 Å². The van der Waals surface area contributed by atoms with E-state index >= 15 is 0 Å². The van der Waals surface area contributed by atoms with E-state index < -0.39 is 0 Å². The fraction of sp³-hybridized carbons (Fsp3) is 0.480. The Labute approximate surface area is 184 Å². The summed E-state index contributed by atoms with van der Waals surface area (Å²) < 4.78 is 25.2. The van der Waals surface area contributed by atoms with Gasteiger partial charge in [0.2, 0.25) is 0 Å². The smallest absolute Gasteiger partial charge is 0.193 e. The van der Waals surface area contributed by atoms with Crippen LogP contribution >= 0.6 is 0 Å². The average Bonchev–Trinajstić information content (AvgIpc) is 2.82. The Morgan fingerprint density at radius 2 is 1.77 bits per heavy atom. The molecule has 4 rings (SSSR count). The Balaban J connectivity index is 1.35. The standard InChI is InChI=1S/C25H32FN3O2/c1-27-24(29-15-11-23(12-16-29)31-22-5-3-2-4-6-22)28-19-25(13-17-30-18-14-25)20-7-9-21(26)10-8-20/h2-10,23H,11-19H2,1H3,(H,27,28). The number of nitrogens with zero attached hydrogens (tertiary/aromatic N) is 2. The van der Waals surface area contributed by atoms with Crippen LogP contribution < -0.4 is 10.1 Å². The summed E-state index contributed by atoms with van der Waals surface area (Å²) in [5.41, 5.74) is 1.09. The number of para-hydroxylation sites is 1. The first-order chi connectivity index (χ1) is 15.2. The minimum Gasteiger partial charge on any atom is -0.490 e. The van der Waals surface area contributed by atoms with Crippen molar-refractivity contribution in [2.45, 2.75) is 37.2 Å². The number of halogens is 1. The molecule has 31 heavy (non-hydrogen) atoms. The van der Waals surface area contributed by atoms with Gasteiger partial charge in [0.25, 0.3) is 0 Å². The largest absolute Gasteiger partial charge is 0.490 e. The Hall–Kier alpha value is -2.60. The van der Waals surface area contributed by atoms with Gasteiger partial charge in [0.15, 0.2) is 5.96 Å². The highest BCUT2D eigenvalue weighted by atomic mass is 19.1. The molecule has 2 aliphatic rings. The summed E-state index contributed by atoms with van der Waals surface area (Å²) in [6.45, 7) is 4.02. The summed E-state index contributed by atoms with van der Waals surface area (Å²) in [5.74, 6) is 1.66. The third-order valence-electron chi connectivity index (χ3n) is 6.49. The second kappa shape index (κ2) is 10.1. The summed E-state index contributed by atoms with van der Waals surface area (Å²) in [6, 6.07) is 17.0. The predicted molar refractivity (Wildman–Crippen MR) is 121 cm³/mol. The Morgan fingerprint density at radius 3 is 2.42 bits per heavy atom.